The maximum atomic E-state index is 13.2. The molecule has 0 saturated carbocycles. The number of hydrogen-bond acceptors (Lipinski definition) is 15. The molecule has 1 saturated heterocycles. The average Bonchev–Trinajstić information content (AvgIpc) is 3.04. The summed E-state index contributed by atoms with van der Waals surface area (Å²) in [6.45, 7) is 7.12. The normalized spacial score (nSPS) is 32.8. The highest BCUT2D eigenvalue weighted by Gasteiger charge is 2.53. The molecule has 1 N–H and O–H groups in total. The number of imide groups is 1. The van der Waals surface area contributed by atoms with E-state index in [2.05, 4.69) is 0 Å². The number of nitrogens with one attached hydrogen (secondary N) is 1. The zero-order valence-electron chi connectivity index (χ0n) is 31.4. The molecule has 54 heavy (non-hydrogen) atoms. The van der Waals surface area contributed by atoms with Gasteiger partial charge in [-0.3, -0.25) is 34.2 Å². The summed E-state index contributed by atoms with van der Waals surface area (Å²) in [5, 5.41) is 1.82. The second-order valence-electron chi connectivity index (χ2n) is 13.2. The Morgan fingerprint density at radius 2 is 1.61 bits per heavy atom. The number of carbonyl (C=O) groups is 7. The number of aldehydes is 1. The highest BCUT2D eigenvalue weighted by atomic mass is 35.6. The lowest BCUT2D eigenvalue weighted by molar-refractivity contribution is -0.311. The van der Waals surface area contributed by atoms with Crippen LogP contribution in [0, 0.1) is 11.8 Å². The zero-order valence-corrected chi connectivity index (χ0v) is 33.6. The minimum Gasteiger partial charge on any atom is -0.462 e. The van der Waals surface area contributed by atoms with Gasteiger partial charge < -0.3 is 38.0 Å². The minimum atomic E-state index is -2.48. The number of ketones is 1. The first kappa shape index (κ1) is 47.0. The molecular formula is C35H49Cl3N2O14. The second-order valence-corrected chi connectivity index (χ2v) is 15.5. The van der Waals surface area contributed by atoms with Crippen molar-refractivity contribution < 1.29 is 66.7 Å². The van der Waals surface area contributed by atoms with E-state index in [4.69, 9.17) is 68.0 Å². The van der Waals surface area contributed by atoms with Crippen molar-refractivity contribution in [1.29, 1.82) is 0 Å². The summed E-state index contributed by atoms with van der Waals surface area (Å²) < 4.78 is 38.7. The largest absolute Gasteiger partial charge is 0.462 e. The summed E-state index contributed by atoms with van der Waals surface area (Å²) >= 11 is 16.7. The first-order valence-corrected chi connectivity index (χ1v) is 18.3. The van der Waals surface area contributed by atoms with Gasteiger partial charge in [-0.2, -0.15) is 0 Å². The van der Waals surface area contributed by atoms with Gasteiger partial charge in [0.15, 0.2) is 18.2 Å². The summed E-state index contributed by atoms with van der Waals surface area (Å²) in [4.78, 5) is 90.1. The van der Waals surface area contributed by atoms with Crippen LogP contribution >= 0.6 is 34.8 Å². The van der Waals surface area contributed by atoms with E-state index in [9.17, 15) is 33.6 Å². The molecule has 0 aromatic heterocycles. The standard InChI is InChI=1S/C35H49Cl3N2O14/c1-18-16-23(14-15-41)29(30(48-8)25(51-21(4)42)17-26(45)49-19(2)12-10-9-11-13-24(18)44)53-32-31(52-22(5)43)27(40(6)7)28(20(3)50-32)54-34(47)39-33(46)35(36,37)38/h9-11,13,15,18-20,23,25,27-32H,12,14,16-17H2,1-8H3,(H,39,46,47)/b10-9+,13-11+/t18-,19-,20-,23+,25-,27+,28-,29+,30?,31-,32+/m1/s1. The third kappa shape index (κ3) is 14.5. The number of allylic oxidation sites excluding steroid dienone is 3. The predicted octanol–water partition coefficient (Wildman–Crippen LogP) is 3.56. The number of nitrogens with zero attached hydrogens (tertiary/aromatic N) is 1. The summed E-state index contributed by atoms with van der Waals surface area (Å²) in [5.74, 6) is -5.32. The molecule has 2 heterocycles. The summed E-state index contributed by atoms with van der Waals surface area (Å²) in [6.07, 6.45) is -4.31. The van der Waals surface area contributed by atoms with Gasteiger partial charge in [0.1, 0.15) is 30.7 Å². The van der Waals surface area contributed by atoms with Crippen molar-refractivity contribution in [1.82, 2.24) is 10.2 Å². The Morgan fingerprint density at radius 3 is 2.17 bits per heavy atom. The highest BCUT2D eigenvalue weighted by Crippen LogP contribution is 2.35. The van der Waals surface area contributed by atoms with Gasteiger partial charge in [-0.15, -0.1) is 0 Å². The van der Waals surface area contributed by atoms with Crippen LogP contribution in [-0.4, -0.2) is 127 Å². The number of rotatable bonds is 9. The maximum absolute atomic E-state index is 13.2. The SMILES string of the molecule is COC1[C@@H](O[C@@H]2O[C@H](C)[C@@H](OC(=O)NC(=O)C(Cl)(Cl)Cl)[C@H](N(C)C)[C@H]2OC(C)=O)[C@@H](CC=O)C[C@@H](C)C(=O)/C=C/C=C/C[C@@H](C)OC(=O)C[C@H]1OC(C)=O. The van der Waals surface area contributed by atoms with E-state index >= 15 is 0 Å². The molecule has 2 aliphatic rings. The molecule has 16 nitrogen and oxygen atoms in total. The van der Waals surface area contributed by atoms with Gasteiger partial charge in [0.05, 0.1) is 24.7 Å². The lowest BCUT2D eigenvalue weighted by atomic mass is 9.83. The number of halogens is 3. The van der Waals surface area contributed by atoms with Gasteiger partial charge in [-0.1, -0.05) is 60.0 Å². The number of carbonyl (C=O) groups excluding carboxylic acids is 7. The lowest BCUT2D eigenvalue weighted by Gasteiger charge is -2.48. The van der Waals surface area contributed by atoms with E-state index in [0.29, 0.717) is 12.7 Å². The van der Waals surface area contributed by atoms with Crippen molar-refractivity contribution >= 4 is 76.8 Å². The Morgan fingerprint density at radius 1 is 0.963 bits per heavy atom. The molecular weight excluding hydrogens is 779 g/mol. The van der Waals surface area contributed by atoms with Gasteiger partial charge >= 0.3 is 24.0 Å². The number of esters is 3. The van der Waals surface area contributed by atoms with Crippen LogP contribution in [0.4, 0.5) is 4.79 Å². The Bertz CT molecular complexity index is 1400. The number of amides is 2. The number of alkyl carbamates (subject to hydrolysis) is 1. The molecule has 1 fully saturated rings. The zero-order chi connectivity index (χ0) is 40.9. The molecule has 304 valence electrons. The van der Waals surface area contributed by atoms with Crippen LogP contribution in [0.2, 0.25) is 0 Å². The van der Waals surface area contributed by atoms with E-state index in [1.165, 1.54) is 20.1 Å². The molecule has 11 atom stereocenters. The minimum absolute atomic E-state index is 0.0468. The first-order chi connectivity index (χ1) is 25.2. The van der Waals surface area contributed by atoms with Crippen molar-refractivity contribution in [3.63, 3.8) is 0 Å². The molecule has 0 bridgehead atoms. The van der Waals surface area contributed by atoms with Gasteiger partial charge in [0.2, 0.25) is 0 Å². The van der Waals surface area contributed by atoms with Gasteiger partial charge in [-0.05, 0) is 46.4 Å². The van der Waals surface area contributed by atoms with E-state index in [-0.39, 0.29) is 18.6 Å². The average molecular weight is 828 g/mol. The van der Waals surface area contributed by atoms with Crippen molar-refractivity contribution in [3.05, 3.63) is 24.3 Å². The summed E-state index contributed by atoms with van der Waals surface area (Å²) in [7, 11) is 4.47. The molecule has 0 aliphatic carbocycles. The lowest BCUT2D eigenvalue weighted by Crippen LogP contribution is -2.66. The fourth-order valence-electron chi connectivity index (χ4n) is 6.24. The number of methoxy groups -OCH3 is 1. The van der Waals surface area contributed by atoms with Crippen LogP contribution in [0.1, 0.15) is 60.3 Å². The Hall–Kier alpha value is -3.12. The molecule has 0 aromatic carbocycles. The van der Waals surface area contributed by atoms with Gasteiger partial charge in [-0.25, -0.2) is 4.79 Å². The van der Waals surface area contributed by atoms with E-state index in [0.717, 1.165) is 13.8 Å². The monoisotopic (exact) mass is 826 g/mol. The van der Waals surface area contributed by atoms with Crippen LogP contribution in [0.15, 0.2) is 24.3 Å². The first-order valence-electron chi connectivity index (χ1n) is 17.1. The second kappa shape index (κ2) is 21.8. The molecule has 0 spiro atoms. The molecule has 2 rings (SSSR count). The van der Waals surface area contributed by atoms with Gasteiger partial charge in [0.25, 0.3) is 9.70 Å². The molecule has 19 heteroatoms. The smallest absolute Gasteiger partial charge is 0.414 e. The highest BCUT2D eigenvalue weighted by molar-refractivity contribution is 6.76. The number of likely N-dealkylation sites (N-methyl/N-ethyl adjacent to an activating group) is 1. The van der Waals surface area contributed by atoms with Gasteiger partial charge in [0, 0.05) is 39.7 Å². The number of alkyl halides is 3. The summed E-state index contributed by atoms with van der Waals surface area (Å²) in [6, 6.07) is -1.02. The van der Waals surface area contributed by atoms with Crippen molar-refractivity contribution in [3.8, 4) is 0 Å². The molecule has 2 amide bonds. The Kier molecular flexibility index (Phi) is 19.0. The number of hydrogen-bond donors (Lipinski definition) is 1. The van der Waals surface area contributed by atoms with Crippen LogP contribution < -0.4 is 5.32 Å². The van der Waals surface area contributed by atoms with Crippen LogP contribution in [-0.2, 0) is 61.9 Å². The Balaban J connectivity index is 2.72. The topological polar surface area (TPSA) is 199 Å². The fraction of sp³-hybridized carbons (Fsp3) is 0.686. The number of cyclic esters (lactones) is 1. The molecule has 1 unspecified atom stereocenters. The predicted molar refractivity (Wildman–Crippen MR) is 193 cm³/mol. The third-order valence-electron chi connectivity index (χ3n) is 8.62. The van der Waals surface area contributed by atoms with E-state index < -0.39 is 107 Å². The maximum Gasteiger partial charge on any atom is 0.414 e. The molecule has 0 aromatic rings. The van der Waals surface area contributed by atoms with Crippen molar-refractivity contribution in [2.24, 2.45) is 11.8 Å². The summed E-state index contributed by atoms with van der Waals surface area (Å²) in [5.41, 5.74) is 0. The molecule has 0 radical (unpaired) electrons. The van der Waals surface area contributed by atoms with Crippen LogP contribution in [0.3, 0.4) is 0 Å². The van der Waals surface area contributed by atoms with Crippen molar-refractivity contribution in [2.75, 3.05) is 21.2 Å². The van der Waals surface area contributed by atoms with Crippen LogP contribution in [0.5, 0.6) is 0 Å². The van der Waals surface area contributed by atoms with E-state index in [1.54, 1.807) is 51.1 Å². The molecule has 2 aliphatic heterocycles. The van der Waals surface area contributed by atoms with E-state index in [1.807, 2.05) is 5.32 Å². The fourth-order valence-corrected chi connectivity index (χ4v) is 6.38. The number of ether oxygens (including phenoxy) is 7. The van der Waals surface area contributed by atoms with Crippen molar-refractivity contribution in [2.45, 2.75) is 119 Å². The quantitative estimate of drug-likeness (QED) is 0.153. The third-order valence-corrected chi connectivity index (χ3v) is 9.14. The Labute approximate surface area is 329 Å². The van der Waals surface area contributed by atoms with Crippen LogP contribution in [0.25, 0.3) is 0 Å².